The Labute approximate surface area is 149 Å². The fourth-order valence-electron chi connectivity index (χ4n) is 3.65. The van der Waals surface area contributed by atoms with Gasteiger partial charge >= 0.3 is 0 Å². The standard InChI is InChI=1S/C19H21N3O2S/c1-11-12(2)22-10-9-14-16(19(22)20-11)21-15(13-7-5-4-6-8-13)17(23)18(14)25(3)24/h4-10,15,17-18,21,23H,1-3H3. The van der Waals surface area contributed by atoms with Crippen molar-refractivity contribution in [3.8, 4) is 0 Å². The number of imidazole rings is 1. The van der Waals surface area contributed by atoms with Gasteiger partial charge in [-0.25, -0.2) is 4.98 Å². The molecule has 25 heavy (non-hydrogen) atoms. The van der Waals surface area contributed by atoms with Crippen molar-refractivity contribution < 1.29 is 9.32 Å². The lowest BCUT2D eigenvalue weighted by molar-refractivity contribution is 0.144. The molecular formula is C19H21N3O2S. The zero-order valence-electron chi connectivity index (χ0n) is 14.4. The maximum atomic E-state index is 12.5. The second-order valence-electron chi connectivity index (χ2n) is 6.56. The zero-order valence-corrected chi connectivity index (χ0v) is 15.2. The Bertz CT molecular complexity index is 968. The van der Waals surface area contributed by atoms with Gasteiger partial charge in [0.1, 0.15) is 0 Å². The summed E-state index contributed by atoms with van der Waals surface area (Å²) in [6.45, 7) is 4.01. The molecule has 0 fully saturated rings. The van der Waals surface area contributed by atoms with Gasteiger partial charge in [0.25, 0.3) is 0 Å². The maximum absolute atomic E-state index is 12.5. The monoisotopic (exact) mass is 355 g/mol. The van der Waals surface area contributed by atoms with Gasteiger partial charge in [0.2, 0.25) is 0 Å². The highest BCUT2D eigenvalue weighted by molar-refractivity contribution is 7.84. The number of hydrogen-bond donors (Lipinski definition) is 2. The second-order valence-corrected chi connectivity index (χ2v) is 8.07. The summed E-state index contributed by atoms with van der Waals surface area (Å²) in [6, 6.07) is 11.4. The maximum Gasteiger partial charge on any atom is 0.161 e. The quantitative estimate of drug-likeness (QED) is 0.742. The van der Waals surface area contributed by atoms with Crippen LogP contribution in [0.4, 0.5) is 5.69 Å². The molecule has 2 aromatic heterocycles. The average molecular weight is 355 g/mol. The van der Waals surface area contributed by atoms with E-state index in [0.717, 1.165) is 33.8 Å². The Morgan fingerprint density at radius 3 is 2.60 bits per heavy atom. The van der Waals surface area contributed by atoms with E-state index in [-0.39, 0.29) is 6.04 Å². The van der Waals surface area contributed by atoms with Crippen LogP contribution in [-0.4, -0.2) is 31.1 Å². The van der Waals surface area contributed by atoms with E-state index in [2.05, 4.69) is 5.32 Å². The molecule has 0 saturated carbocycles. The Hall–Kier alpha value is -2.18. The van der Waals surface area contributed by atoms with Crippen molar-refractivity contribution >= 4 is 22.1 Å². The highest BCUT2D eigenvalue weighted by Crippen LogP contribution is 2.43. The molecular weight excluding hydrogens is 334 g/mol. The summed E-state index contributed by atoms with van der Waals surface area (Å²) in [5, 5.41) is 14.0. The molecule has 1 aliphatic rings. The first-order chi connectivity index (χ1) is 12.0. The smallest absolute Gasteiger partial charge is 0.161 e. The van der Waals surface area contributed by atoms with Gasteiger partial charge < -0.3 is 14.8 Å². The number of pyridine rings is 1. The number of hydrogen-bond acceptors (Lipinski definition) is 4. The van der Waals surface area contributed by atoms with E-state index in [1.807, 2.05) is 60.8 Å². The van der Waals surface area contributed by atoms with Gasteiger partial charge in [-0.2, -0.15) is 0 Å². The van der Waals surface area contributed by atoms with E-state index in [1.54, 1.807) is 6.26 Å². The molecule has 0 radical (unpaired) electrons. The first-order valence-electron chi connectivity index (χ1n) is 8.29. The molecule has 1 aliphatic heterocycles. The number of aliphatic hydroxyl groups is 1. The molecule has 3 aromatic rings. The second kappa shape index (κ2) is 5.97. The third kappa shape index (κ3) is 2.48. The third-order valence-corrected chi connectivity index (χ3v) is 6.32. The van der Waals surface area contributed by atoms with Gasteiger partial charge in [0.15, 0.2) is 5.65 Å². The van der Waals surface area contributed by atoms with Gasteiger partial charge in [-0.15, -0.1) is 0 Å². The van der Waals surface area contributed by atoms with E-state index in [4.69, 9.17) is 4.98 Å². The zero-order chi connectivity index (χ0) is 17.7. The molecule has 4 rings (SSSR count). The lowest BCUT2D eigenvalue weighted by Gasteiger charge is -2.37. The number of rotatable bonds is 2. The Morgan fingerprint density at radius 1 is 1.20 bits per heavy atom. The largest absolute Gasteiger partial charge is 0.389 e. The molecule has 0 bridgehead atoms. The van der Waals surface area contributed by atoms with Crippen molar-refractivity contribution in [1.29, 1.82) is 0 Å². The van der Waals surface area contributed by atoms with Crippen LogP contribution in [0.5, 0.6) is 0 Å². The molecule has 4 unspecified atom stereocenters. The fourth-order valence-corrected chi connectivity index (χ4v) is 4.76. The van der Waals surface area contributed by atoms with Crippen molar-refractivity contribution in [3.05, 3.63) is 65.1 Å². The number of nitrogens with one attached hydrogen (secondary N) is 1. The van der Waals surface area contributed by atoms with Crippen LogP contribution in [0.1, 0.15) is 33.8 Å². The van der Waals surface area contributed by atoms with Crippen molar-refractivity contribution in [2.24, 2.45) is 0 Å². The molecule has 5 nitrogen and oxygen atoms in total. The number of fused-ring (bicyclic) bond motifs is 3. The number of anilines is 1. The summed E-state index contributed by atoms with van der Waals surface area (Å²) in [7, 11) is -1.21. The van der Waals surface area contributed by atoms with E-state index >= 15 is 0 Å². The van der Waals surface area contributed by atoms with Gasteiger partial charge in [-0.1, -0.05) is 30.3 Å². The molecule has 1 aromatic carbocycles. The average Bonchev–Trinajstić information content (AvgIpc) is 2.89. The summed E-state index contributed by atoms with van der Waals surface area (Å²) in [5.41, 5.74) is 5.55. The third-order valence-electron chi connectivity index (χ3n) is 5.08. The molecule has 0 amide bonds. The van der Waals surface area contributed by atoms with E-state index in [9.17, 15) is 9.32 Å². The predicted molar refractivity (Wildman–Crippen MR) is 100 cm³/mol. The highest BCUT2D eigenvalue weighted by atomic mass is 32.2. The minimum Gasteiger partial charge on any atom is -0.389 e. The summed E-state index contributed by atoms with van der Waals surface area (Å²) < 4.78 is 14.5. The van der Waals surface area contributed by atoms with Crippen LogP contribution in [0.2, 0.25) is 0 Å². The molecule has 0 saturated heterocycles. The highest BCUT2D eigenvalue weighted by Gasteiger charge is 2.39. The molecule has 0 spiro atoms. The van der Waals surface area contributed by atoms with Crippen molar-refractivity contribution in [3.63, 3.8) is 0 Å². The molecule has 4 atom stereocenters. The normalized spacial score (nSPS) is 23.9. The molecule has 6 heteroatoms. The summed E-state index contributed by atoms with van der Waals surface area (Å²) in [6.07, 6.45) is 2.82. The van der Waals surface area contributed by atoms with Crippen LogP contribution >= 0.6 is 0 Å². The summed E-state index contributed by atoms with van der Waals surface area (Å²) >= 11 is 0. The first-order valence-corrected chi connectivity index (χ1v) is 9.91. The van der Waals surface area contributed by atoms with Crippen molar-refractivity contribution in [1.82, 2.24) is 9.38 Å². The van der Waals surface area contributed by atoms with Gasteiger partial charge in [-0.3, -0.25) is 4.21 Å². The number of benzene rings is 1. The van der Waals surface area contributed by atoms with Crippen LogP contribution in [0.3, 0.4) is 0 Å². The number of aliphatic hydroxyl groups excluding tert-OH is 1. The van der Waals surface area contributed by atoms with Crippen molar-refractivity contribution in [2.45, 2.75) is 31.2 Å². The summed E-state index contributed by atoms with van der Waals surface area (Å²) in [4.78, 5) is 4.69. The minimum atomic E-state index is -1.21. The fraction of sp³-hybridized carbons (Fsp3) is 0.316. The van der Waals surface area contributed by atoms with Crippen LogP contribution in [-0.2, 0) is 10.8 Å². The molecule has 2 N–H and O–H groups in total. The lowest BCUT2D eigenvalue weighted by atomic mass is 9.91. The Balaban J connectivity index is 1.95. The first kappa shape index (κ1) is 16.3. The number of nitrogens with zero attached hydrogens (tertiary/aromatic N) is 2. The van der Waals surface area contributed by atoms with Crippen molar-refractivity contribution in [2.75, 3.05) is 11.6 Å². The van der Waals surface area contributed by atoms with Gasteiger partial charge in [-0.05, 0) is 31.0 Å². The minimum absolute atomic E-state index is 0.328. The van der Waals surface area contributed by atoms with Crippen LogP contribution in [0.15, 0.2) is 42.6 Å². The Kier molecular flexibility index (Phi) is 3.89. The topological polar surface area (TPSA) is 66.6 Å². The van der Waals surface area contributed by atoms with Crippen LogP contribution in [0, 0.1) is 13.8 Å². The predicted octanol–water partition coefficient (Wildman–Crippen LogP) is 2.90. The van der Waals surface area contributed by atoms with E-state index in [1.165, 1.54) is 0 Å². The van der Waals surface area contributed by atoms with E-state index in [0.29, 0.717) is 0 Å². The molecule has 130 valence electrons. The summed E-state index contributed by atoms with van der Waals surface area (Å²) in [5.74, 6) is 0. The number of aryl methyl sites for hydroxylation is 2. The van der Waals surface area contributed by atoms with Crippen LogP contribution in [0.25, 0.3) is 5.65 Å². The van der Waals surface area contributed by atoms with Gasteiger partial charge in [0, 0.05) is 28.9 Å². The van der Waals surface area contributed by atoms with Crippen LogP contribution < -0.4 is 5.32 Å². The number of aromatic nitrogens is 2. The SMILES string of the molecule is Cc1nc2c3c(ccn2c1C)C(S(C)=O)C(O)C(c1ccccc1)N3. The lowest BCUT2D eigenvalue weighted by Crippen LogP contribution is -2.38. The Morgan fingerprint density at radius 2 is 1.92 bits per heavy atom. The van der Waals surface area contributed by atoms with Gasteiger partial charge in [0.05, 0.1) is 28.8 Å². The molecule has 0 aliphatic carbocycles. The molecule has 3 heterocycles. The van der Waals surface area contributed by atoms with E-state index < -0.39 is 22.2 Å².